The highest BCUT2D eigenvalue weighted by atomic mass is 32.2. The summed E-state index contributed by atoms with van der Waals surface area (Å²) < 4.78 is 37.2. The topological polar surface area (TPSA) is 115 Å². The number of amides is 1. The van der Waals surface area contributed by atoms with Crippen molar-refractivity contribution in [2.24, 2.45) is 5.92 Å². The molecule has 146 valence electrons. The molecular formula is C17H22N4O5S. The van der Waals surface area contributed by atoms with Crippen LogP contribution in [-0.2, 0) is 14.8 Å². The van der Waals surface area contributed by atoms with Crippen LogP contribution in [0.25, 0.3) is 0 Å². The van der Waals surface area contributed by atoms with Crippen LogP contribution in [0.5, 0.6) is 5.88 Å². The number of sulfonamides is 1. The fraction of sp³-hybridized carbons (Fsp3) is 0.471. The van der Waals surface area contributed by atoms with E-state index in [1.54, 1.807) is 26.0 Å². The zero-order valence-electron chi connectivity index (χ0n) is 15.4. The molecule has 27 heavy (non-hydrogen) atoms. The van der Waals surface area contributed by atoms with E-state index >= 15 is 0 Å². The van der Waals surface area contributed by atoms with Crippen molar-refractivity contribution in [3.63, 3.8) is 0 Å². The molecule has 0 saturated carbocycles. The predicted molar refractivity (Wildman–Crippen MR) is 96.9 cm³/mol. The number of pyridine rings is 1. The Morgan fingerprint density at radius 2 is 2.15 bits per heavy atom. The summed E-state index contributed by atoms with van der Waals surface area (Å²) in [6.07, 6.45) is 2.71. The normalized spacial score (nSPS) is 18.3. The molecule has 1 amide bonds. The monoisotopic (exact) mass is 394 g/mol. The van der Waals surface area contributed by atoms with Crippen LogP contribution in [0.2, 0.25) is 0 Å². The van der Waals surface area contributed by atoms with Crippen molar-refractivity contribution in [3.05, 3.63) is 29.8 Å². The average molecular weight is 394 g/mol. The Labute approximate surface area is 157 Å². The molecule has 3 heterocycles. The highest BCUT2D eigenvalue weighted by molar-refractivity contribution is 7.89. The highest BCUT2D eigenvalue weighted by Crippen LogP contribution is 2.28. The van der Waals surface area contributed by atoms with E-state index in [2.05, 4.69) is 15.5 Å². The second kappa shape index (κ2) is 7.65. The van der Waals surface area contributed by atoms with Gasteiger partial charge in [0, 0.05) is 19.2 Å². The van der Waals surface area contributed by atoms with E-state index in [9.17, 15) is 13.2 Å². The Morgan fingerprint density at radius 1 is 1.37 bits per heavy atom. The van der Waals surface area contributed by atoms with Gasteiger partial charge in [0.1, 0.15) is 10.6 Å². The van der Waals surface area contributed by atoms with Crippen LogP contribution in [0, 0.1) is 19.8 Å². The van der Waals surface area contributed by atoms with Gasteiger partial charge >= 0.3 is 0 Å². The first-order valence-electron chi connectivity index (χ1n) is 8.57. The molecule has 2 aromatic heterocycles. The van der Waals surface area contributed by atoms with Crippen molar-refractivity contribution in [2.45, 2.75) is 31.6 Å². The van der Waals surface area contributed by atoms with Crippen molar-refractivity contribution in [1.82, 2.24) is 14.4 Å². The Hall–Kier alpha value is -2.46. The number of nitrogens with one attached hydrogen (secondary N) is 1. The highest BCUT2D eigenvalue weighted by Gasteiger charge is 2.36. The largest absolute Gasteiger partial charge is 0.481 e. The zero-order valence-corrected chi connectivity index (χ0v) is 16.2. The first-order chi connectivity index (χ1) is 12.8. The lowest BCUT2D eigenvalue weighted by atomic mass is 9.99. The molecule has 1 atom stereocenters. The summed E-state index contributed by atoms with van der Waals surface area (Å²) in [4.78, 5) is 16.7. The molecule has 1 aliphatic heterocycles. The van der Waals surface area contributed by atoms with Crippen molar-refractivity contribution in [1.29, 1.82) is 0 Å². The fourth-order valence-corrected chi connectivity index (χ4v) is 4.98. The van der Waals surface area contributed by atoms with E-state index in [0.29, 0.717) is 36.6 Å². The van der Waals surface area contributed by atoms with Gasteiger partial charge in [-0.15, -0.1) is 0 Å². The smallest absolute Gasteiger partial charge is 0.248 e. The van der Waals surface area contributed by atoms with Gasteiger partial charge in [0.05, 0.1) is 24.9 Å². The van der Waals surface area contributed by atoms with Gasteiger partial charge in [-0.05, 0) is 32.8 Å². The van der Waals surface area contributed by atoms with Crippen LogP contribution in [0.4, 0.5) is 5.69 Å². The van der Waals surface area contributed by atoms with Crippen LogP contribution < -0.4 is 10.1 Å². The second-order valence-corrected chi connectivity index (χ2v) is 8.31. The molecule has 9 nitrogen and oxygen atoms in total. The van der Waals surface area contributed by atoms with Crippen LogP contribution in [0.1, 0.15) is 24.3 Å². The number of methoxy groups -OCH3 is 1. The van der Waals surface area contributed by atoms with E-state index in [1.807, 2.05) is 0 Å². The lowest BCUT2D eigenvalue weighted by molar-refractivity contribution is -0.120. The minimum atomic E-state index is -3.76. The van der Waals surface area contributed by atoms with Crippen LogP contribution >= 0.6 is 0 Å². The van der Waals surface area contributed by atoms with Crippen molar-refractivity contribution < 1.29 is 22.5 Å². The number of hydrogen-bond donors (Lipinski definition) is 1. The van der Waals surface area contributed by atoms with E-state index in [4.69, 9.17) is 9.26 Å². The number of hydrogen-bond acceptors (Lipinski definition) is 7. The van der Waals surface area contributed by atoms with Gasteiger partial charge in [0.25, 0.3) is 0 Å². The third kappa shape index (κ3) is 3.96. The first kappa shape index (κ1) is 19.3. The van der Waals surface area contributed by atoms with Gasteiger partial charge in [-0.1, -0.05) is 5.16 Å². The Bertz CT molecular complexity index is 904. The zero-order chi connectivity index (χ0) is 19.6. The maximum absolute atomic E-state index is 13.0. The number of ether oxygens (including phenoxy) is 1. The predicted octanol–water partition coefficient (Wildman–Crippen LogP) is 1.73. The van der Waals surface area contributed by atoms with Gasteiger partial charge < -0.3 is 14.6 Å². The summed E-state index contributed by atoms with van der Waals surface area (Å²) >= 11 is 0. The molecule has 1 saturated heterocycles. The summed E-state index contributed by atoms with van der Waals surface area (Å²) in [7, 11) is -2.25. The number of aryl methyl sites for hydroxylation is 2. The van der Waals surface area contributed by atoms with E-state index in [0.717, 1.165) is 0 Å². The molecule has 0 radical (unpaired) electrons. The number of rotatable bonds is 5. The SMILES string of the molecule is COc1ccc(NC(=O)C2CCCN(S(=O)(=O)c3c(C)noc3C)C2)cn1. The van der Waals surface area contributed by atoms with E-state index < -0.39 is 15.9 Å². The fourth-order valence-electron chi connectivity index (χ4n) is 3.17. The molecule has 0 spiro atoms. The number of anilines is 1. The van der Waals surface area contributed by atoms with Gasteiger partial charge in [-0.2, -0.15) is 4.31 Å². The molecule has 2 aromatic rings. The quantitative estimate of drug-likeness (QED) is 0.821. The molecule has 1 unspecified atom stereocenters. The summed E-state index contributed by atoms with van der Waals surface area (Å²) in [5.41, 5.74) is 0.856. The average Bonchev–Trinajstić information content (AvgIpc) is 3.01. The Balaban J connectivity index is 1.72. The van der Waals surface area contributed by atoms with Crippen molar-refractivity contribution in [2.75, 3.05) is 25.5 Å². The summed E-state index contributed by atoms with van der Waals surface area (Å²) in [5.74, 6) is 0.0162. The lowest BCUT2D eigenvalue weighted by Gasteiger charge is -2.31. The standard InChI is InChI=1S/C17H22N4O5S/c1-11-16(12(2)26-20-11)27(23,24)21-8-4-5-13(10-21)17(22)19-14-6-7-15(25-3)18-9-14/h6-7,9,13H,4-5,8,10H2,1-3H3,(H,19,22). The van der Waals surface area contributed by atoms with Gasteiger partial charge in [-0.25, -0.2) is 13.4 Å². The van der Waals surface area contributed by atoms with E-state index in [1.165, 1.54) is 17.6 Å². The molecular weight excluding hydrogens is 372 g/mol. The molecule has 10 heteroatoms. The minimum Gasteiger partial charge on any atom is -0.481 e. The molecule has 1 N–H and O–H groups in total. The van der Waals surface area contributed by atoms with Gasteiger partial charge in [-0.3, -0.25) is 4.79 Å². The Morgan fingerprint density at radius 3 is 2.74 bits per heavy atom. The second-order valence-electron chi connectivity index (χ2n) is 6.43. The maximum atomic E-state index is 13.0. The number of carbonyl (C=O) groups is 1. The number of carbonyl (C=O) groups excluding carboxylic acids is 1. The minimum absolute atomic E-state index is 0.0860. The van der Waals surface area contributed by atoms with Gasteiger partial charge in [0.2, 0.25) is 21.8 Å². The first-order valence-corrected chi connectivity index (χ1v) is 10.0. The lowest BCUT2D eigenvalue weighted by Crippen LogP contribution is -2.43. The molecule has 1 fully saturated rings. The summed E-state index contributed by atoms with van der Waals surface area (Å²) in [5, 5.41) is 6.51. The molecule has 0 aliphatic carbocycles. The summed E-state index contributed by atoms with van der Waals surface area (Å²) in [6, 6.07) is 3.33. The molecule has 3 rings (SSSR count). The molecule has 0 aromatic carbocycles. The third-order valence-electron chi connectivity index (χ3n) is 4.53. The number of nitrogens with zero attached hydrogens (tertiary/aromatic N) is 3. The third-order valence-corrected chi connectivity index (χ3v) is 6.64. The van der Waals surface area contributed by atoms with E-state index in [-0.39, 0.29) is 23.1 Å². The maximum Gasteiger partial charge on any atom is 0.248 e. The van der Waals surface area contributed by atoms with Crippen molar-refractivity contribution in [3.8, 4) is 5.88 Å². The number of aromatic nitrogens is 2. The molecule has 1 aliphatic rings. The summed E-state index contributed by atoms with van der Waals surface area (Å²) in [6.45, 7) is 3.63. The number of piperidine rings is 1. The molecule has 0 bridgehead atoms. The van der Waals surface area contributed by atoms with Crippen LogP contribution in [0.3, 0.4) is 0 Å². The van der Waals surface area contributed by atoms with Crippen LogP contribution in [0.15, 0.2) is 27.7 Å². The Kier molecular flexibility index (Phi) is 5.47. The van der Waals surface area contributed by atoms with Crippen LogP contribution in [-0.4, -0.2) is 49.0 Å². The van der Waals surface area contributed by atoms with Crippen molar-refractivity contribution >= 4 is 21.6 Å². The van der Waals surface area contributed by atoms with Gasteiger partial charge in [0.15, 0.2) is 5.76 Å².